The molecule has 0 spiro atoms. The van der Waals surface area contributed by atoms with Gasteiger partial charge in [-0.05, 0) is 39.5 Å². The number of nitrogens with two attached hydrogens (primary N) is 1. The fourth-order valence-corrected chi connectivity index (χ4v) is 3.13. The lowest BCUT2D eigenvalue weighted by molar-refractivity contribution is 0.0913. The summed E-state index contributed by atoms with van der Waals surface area (Å²) in [4.78, 5) is 16.6. The minimum Gasteiger partial charge on any atom is -0.382 e. The maximum Gasteiger partial charge on any atom is 0.272 e. The molecule has 1 heterocycles. The molecule has 0 radical (unpaired) electrons. The first kappa shape index (κ1) is 15.5. The molecule has 1 fully saturated rings. The number of amides is 1. The second-order valence-electron chi connectivity index (χ2n) is 7.22. The topological polar surface area (TPSA) is 85.3 Å². The van der Waals surface area contributed by atoms with Crippen molar-refractivity contribution < 1.29 is 4.79 Å². The lowest BCUT2D eigenvalue weighted by Crippen LogP contribution is -2.41. The second kappa shape index (κ2) is 5.37. The van der Waals surface area contributed by atoms with Crippen molar-refractivity contribution in [2.75, 3.05) is 0 Å². The van der Waals surface area contributed by atoms with Gasteiger partial charge in [0.2, 0.25) is 0 Å². The summed E-state index contributed by atoms with van der Waals surface area (Å²) >= 11 is 0. The molecule has 6 nitrogen and oxygen atoms in total. The van der Waals surface area contributed by atoms with Crippen LogP contribution in [0.15, 0.2) is 23.8 Å². The van der Waals surface area contributed by atoms with Gasteiger partial charge in [0.25, 0.3) is 5.91 Å². The molecule has 23 heavy (non-hydrogen) atoms. The molecule has 2 atom stereocenters. The Balaban J connectivity index is 1.97. The van der Waals surface area contributed by atoms with Crippen LogP contribution in [0.2, 0.25) is 0 Å². The third-order valence-corrected chi connectivity index (χ3v) is 4.11. The molecular weight excluding hydrogens is 290 g/mol. The third-order valence-electron chi connectivity index (χ3n) is 4.11. The van der Waals surface area contributed by atoms with E-state index in [1.165, 1.54) is 6.20 Å². The van der Waals surface area contributed by atoms with Crippen LogP contribution in [0.25, 0.3) is 5.82 Å². The molecule has 1 saturated carbocycles. The molecule has 1 amide bonds. The minimum atomic E-state index is -0.301. The summed E-state index contributed by atoms with van der Waals surface area (Å²) in [7, 11) is 0. The summed E-state index contributed by atoms with van der Waals surface area (Å²) in [5.74, 6) is 1.39. The van der Waals surface area contributed by atoms with Crippen molar-refractivity contribution in [2.45, 2.75) is 45.1 Å². The van der Waals surface area contributed by atoms with Crippen molar-refractivity contribution in [1.82, 2.24) is 15.1 Å². The van der Waals surface area contributed by atoms with E-state index < -0.39 is 0 Å². The Hall–Kier alpha value is -2.37. The molecule has 6 heteroatoms. The van der Waals surface area contributed by atoms with Gasteiger partial charge >= 0.3 is 0 Å². The van der Waals surface area contributed by atoms with E-state index in [1.54, 1.807) is 17.0 Å². The fraction of sp³-hybridized carbons (Fsp3) is 0.471. The van der Waals surface area contributed by atoms with Crippen molar-refractivity contribution in [2.24, 2.45) is 16.6 Å². The smallest absolute Gasteiger partial charge is 0.272 e. The average Bonchev–Trinajstić information content (AvgIpc) is 2.93. The van der Waals surface area contributed by atoms with Crippen LogP contribution in [0.3, 0.4) is 0 Å². The number of hydrogen-bond acceptors (Lipinski definition) is 4. The zero-order chi connectivity index (χ0) is 16.8. The number of hydrogen-bond donors (Lipinski definition) is 2. The number of allylic oxidation sites excluding steroid dienone is 1. The molecule has 0 aliphatic heterocycles. The normalized spacial score (nSPS) is 22.8. The molecule has 0 aromatic carbocycles. The predicted molar refractivity (Wildman–Crippen MR) is 91.1 cm³/mol. The van der Waals surface area contributed by atoms with Crippen LogP contribution >= 0.6 is 0 Å². The van der Waals surface area contributed by atoms with Gasteiger partial charge in [0, 0.05) is 23.2 Å². The van der Waals surface area contributed by atoms with Gasteiger partial charge in [-0.3, -0.25) is 9.79 Å². The van der Waals surface area contributed by atoms with Crippen molar-refractivity contribution in [3.63, 3.8) is 0 Å². The highest BCUT2D eigenvalue weighted by Crippen LogP contribution is 2.57. The maximum absolute atomic E-state index is 12.5. The quantitative estimate of drug-likeness (QED) is 0.834. The van der Waals surface area contributed by atoms with E-state index in [9.17, 15) is 4.79 Å². The summed E-state index contributed by atoms with van der Waals surface area (Å²) in [6, 6.07) is 0. The first-order valence-corrected chi connectivity index (χ1v) is 7.86. The zero-order valence-corrected chi connectivity index (χ0v) is 13.8. The highest BCUT2D eigenvalue weighted by atomic mass is 16.2. The van der Waals surface area contributed by atoms with Crippen LogP contribution in [-0.4, -0.2) is 27.4 Å². The molecule has 3 rings (SSSR count). The van der Waals surface area contributed by atoms with Crippen molar-refractivity contribution in [1.29, 1.82) is 0 Å². The first-order chi connectivity index (χ1) is 10.8. The molecule has 1 aromatic rings. The number of nitrogens with zero attached hydrogens (tertiary/aromatic N) is 3. The Bertz CT molecular complexity index is 720. The Labute approximate surface area is 136 Å². The van der Waals surface area contributed by atoms with Gasteiger partial charge in [-0.25, -0.2) is 4.68 Å². The van der Waals surface area contributed by atoms with Gasteiger partial charge in [-0.2, -0.15) is 5.10 Å². The van der Waals surface area contributed by atoms with Crippen LogP contribution in [0.1, 0.15) is 54.9 Å². The van der Waals surface area contributed by atoms with Crippen LogP contribution in [-0.2, 0) is 6.42 Å². The first-order valence-electron chi connectivity index (χ1n) is 7.86. The van der Waals surface area contributed by atoms with Crippen molar-refractivity contribution >= 4 is 17.9 Å². The number of carbonyl (C=O) groups is 1. The molecule has 0 unspecified atom stereocenters. The lowest BCUT2D eigenvalue weighted by atomic mass is 10.1. The molecule has 0 saturated heterocycles. The molecule has 3 N–H and O–H groups in total. The highest BCUT2D eigenvalue weighted by Gasteiger charge is 2.50. The van der Waals surface area contributed by atoms with Gasteiger partial charge in [-0.1, -0.05) is 12.7 Å². The predicted octanol–water partition coefficient (Wildman–Crippen LogP) is 2.04. The molecule has 1 aromatic heterocycles. The summed E-state index contributed by atoms with van der Waals surface area (Å²) < 4.78 is 1.69. The van der Waals surface area contributed by atoms with Crippen LogP contribution in [0, 0.1) is 5.92 Å². The maximum atomic E-state index is 12.5. The van der Waals surface area contributed by atoms with E-state index >= 15 is 0 Å². The summed E-state index contributed by atoms with van der Waals surface area (Å²) in [6.07, 6.45) is 6.74. The number of aliphatic imine (C=N–C) groups is 1. The van der Waals surface area contributed by atoms with E-state index in [2.05, 4.69) is 22.0 Å². The Morgan fingerprint density at radius 3 is 2.91 bits per heavy atom. The standard InChI is InChI=1S/C17H23N5O/c1-5-6-19-9-13(18)22-15-11-7-10(11)8-12(15)14(21-22)16(23)20-17(2,3)4/h5-6,9-11H,1,7-8,18H2,2-4H3,(H,20,23)/b13-9+,19-6-/t10-,11-/m1/s1. The molecule has 0 bridgehead atoms. The lowest BCUT2D eigenvalue weighted by Gasteiger charge is -2.19. The third kappa shape index (κ3) is 2.93. The average molecular weight is 313 g/mol. The Kier molecular flexibility index (Phi) is 3.62. The fourth-order valence-electron chi connectivity index (χ4n) is 3.13. The van der Waals surface area contributed by atoms with E-state index in [0.29, 0.717) is 23.4 Å². The highest BCUT2D eigenvalue weighted by molar-refractivity contribution is 5.95. The van der Waals surface area contributed by atoms with Crippen molar-refractivity contribution in [3.05, 3.63) is 35.8 Å². The second-order valence-corrected chi connectivity index (χ2v) is 7.22. The van der Waals surface area contributed by atoms with E-state index in [0.717, 1.165) is 24.1 Å². The minimum absolute atomic E-state index is 0.142. The van der Waals surface area contributed by atoms with Gasteiger partial charge < -0.3 is 11.1 Å². The van der Waals surface area contributed by atoms with Crippen LogP contribution in [0.5, 0.6) is 0 Å². The van der Waals surface area contributed by atoms with Gasteiger partial charge in [0.1, 0.15) is 5.82 Å². The molecule has 2 aliphatic rings. The zero-order valence-electron chi connectivity index (χ0n) is 13.8. The number of aromatic nitrogens is 2. The largest absolute Gasteiger partial charge is 0.382 e. The monoisotopic (exact) mass is 313 g/mol. The van der Waals surface area contributed by atoms with Gasteiger partial charge in [0.05, 0.1) is 11.9 Å². The molecule has 2 aliphatic carbocycles. The van der Waals surface area contributed by atoms with Crippen LogP contribution in [0.4, 0.5) is 0 Å². The van der Waals surface area contributed by atoms with E-state index in [4.69, 9.17) is 5.73 Å². The Morgan fingerprint density at radius 1 is 1.52 bits per heavy atom. The summed E-state index contributed by atoms with van der Waals surface area (Å²) in [5, 5.41) is 7.46. The van der Waals surface area contributed by atoms with E-state index in [1.807, 2.05) is 20.8 Å². The van der Waals surface area contributed by atoms with Crippen molar-refractivity contribution in [3.8, 4) is 0 Å². The molecular formula is C17H23N5O. The van der Waals surface area contributed by atoms with Crippen LogP contribution < -0.4 is 11.1 Å². The number of rotatable bonds is 4. The number of fused-ring (bicyclic) bond motifs is 3. The van der Waals surface area contributed by atoms with Gasteiger partial charge in [-0.15, -0.1) is 0 Å². The van der Waals surface area contributed by atoms with Gasteiger partial charge in [0.15, 0.2) is 5.69 Å². The summed E-state index contributed by atoms with van der Waals surface area (Å²) in [5.41, 5.74) is 8.42. The number of nitrogens with one attached hydrogen (secondary N) is 1. The molecule has 122 valence electrons. The Morgan fingerprint density at radius 2 is 2.26 bits per heavy atom. The SMILES string of the molecule is C=C/C=N\C=C(/N)n1nc(C(=O)NC(C)(C)C)c2c1[C@@H]1C[C@@H]1C2. The number of carbonyl (C=O) groups excluding carboxylic acids is 1. The van der Waals surface area contributed by atoms with E-state index in [-0.39, 0.29) is 11.4 Å². The summed E-state index contributed by atoms with van der Waals surface area (Å²) in [6.45, 7) is 9.44.